The maximum Gasteiger partial charge on any atom is 0.272 e. The topological polar surface area (TPSA) is 55.2 Å². The first-order chi connectivity index (χ1) is 9.10. The van der Waals surface area contributed by atoms with Gasteiger partial charge in [0.15, 0.2) is 0 Å². The molecule has 1 N–H and O–H groups in total. The van der Waals surface area contributed by atoms with Crippen molar-refractivity contribution in [1.29, 1.82) is 0 Å². The number of nitro benzene ring substituents is 1. The van der Waals surface area contributed by atoms with E-state index in [9.17, 15) is 14.5 Å². The molecule has 1 aliphatic rings. The summed E-state index contributed by atoms with van der Waals surface area (Å²) in [6.45, 7) is 0. The van der Waals surface area contributed by atoms with Crippen molar-refractivity contribution < 1.29 is 9.31 Å². The van der Waals surface area contributed by atoms with Gasteiger partial charge in [0.05, 0.1) is 11.0 Å². The highest BCUT2D eigenvalue weighted by molar-refractivity contribution is 5.35. The standard InChI is InChI=1S/C14H19FN2O2/c1-16-14-5-3-2-4-11(14)6-10-7-12(15)9-13(8-10)17(18)19/h7-9,11,14,16H,2-6H2,1H3. The summed E-state index contributed by atoms with van der Waals surface area (Å²) >= 11 is 0. The number of hydrogen-bond donors (Lipinski definition) is 1. The molecule has 1 aliphatic carbocycles. The second-order valence-electron chi connectivity index (χ2n) is 5.22. The van der Waals surface area contributed by atoms with Gasteiger partial charge in [-0.1, -0.05) is 12.8 Å². The van der Waals surface area contributed by atoms with Crippen LogP contribution >= 0.6 is 0 Å². The molecule has 5 heteroatoms. The van der Waals surface area contributed by atoms with Crippen molar-refractivity contribution in [3.63, 3.8) is 0 Å². The molecule has 4 nitrogen and oxygen atoms in total. The van der Waals surface area contributed by atoms with Gasteiger partial charge in [-0.25, -0.2) is 4.39 Å². The lowest BCUT2D eigenvalue weighted by Gasteiger charge is -2.31. The molecule has 0 saturated heterocycles. The molecule has 0 bridgehead atoms. The van der Waals surface area contributed by atoms with Gasteiger partial charge in [0.2, 0.25) is 0 Å². The Morgan fingerprint density at radius 1 is 1.37 bits per heavy atom. The predicted molar refractivity (Wildman–Crippen MR) is 71.6 cm³/mol. The van der Waals surface area contributed by atoms with Crippen LogP contribution in [0.4, 0.5) is 10.1 Å². The van der Waals surface area contributed by atoms with Crippen LogP contribution in [0.5, 0.6) is 0 Å². The molecule has 1 fully saturated rings. The van der Waals surface area contributed by atoms with E-state index in [1.54, 1.807) is 0 Å². The maximum atomic E-state index is 13.4. The van der Waals surface area contributed by atoms with Crippen LogP contribution in [0, 0.1) is 21.8 Å². The molecular formula is C14H19FN2O2. The summed E-state index contributed by atoms with van der Waals surface area (Å²) in [5.41, 5.74) is 0.561. The van der Waals surface area contributed by atoms with Crippen molar-refractivity contribution >= 4 is 5.69 Å². The molecule has 0 heterocycles. The average molecular weight is 266 g/mol. The van der Waals surface area contributed by atoms with E-state index in [-0.39, 0.29) is 5.69 Å². The molecule has 2 atom stereocenters. The Hall–Kier alpha value is -1.49. The minimum Gasteiger partial charge on any atom is -0.317 e. The number of halogens is 1. The zero-order valence-electron chi connectivity index (χ0n) is 11.1. The first kappa shape index (κ1) is 13.9. The lowest BCUT2D eigenvalue weighted by Crippen LogP contribution is -2.37. The van der Waals surface area contributed by atoms with E-state index in [2.05, 4.69) is 5.32 Å². The summed E-state index contributed by atoms with van der Waals surface area (Å²) in [6.07, 6.45) is 5.31. The number of nitro groups is 1. The van der Waals surface area contributed by atoms with Crippen LogP contribution in [-0.4, -0.2) is 18.0 Å². The number of nitrogens with one attached hydrogen (secondary N) is 1. The molecule has 0 aromatic heterocycles. The SMILES string of the molecule is CNC1CCCCC1Cc1cc(F)cc([N+](=O)[O-])c1. The molecular weight excluding hydrogens is 247 g/mol. The molecule has 0 radical (unpaired) electrons. The third kappa shape index (κ3) is 3.50. The fourth-order valence-corrected chi connectivity index (χ4v) is 2.99. The monoisotopic (exact) mass is 266 g/mol. The first-order valence-corrected chi connectivity index (χ1v) is 6.71. The minimum atomic E-state index is -0.539. The van der Waals surface area contributed by atoms with Gasteiger partial charge in [-0.15, -0.1) is 0 Å². The summed E-state index contributed by atoms with van der Waals surface area (Å²) in [4.78, 5) is 10.2. The molecule has 1 aromatic rings. The second kappa shape index (κ2) is 6.10. The lowest BCUT2D eigenvalue weighted by atomic mass is 9.81. The Morgan fingerprint density at radius 2 is 2.11 bits per heavy atom. The van der Waals surface area contributed by atoms with Crippen LogP contribution in [0.1, 0.15) is 31.2 Å². The van der Waals surface area contributed by atoms with E-state index in [4.69, 9.17) is 0 Å². The molecule has 1 saturated carbocycles. The lowest BCUT2D eigenvalue weighted by molar-refractivity contribution is -0.385. The van der Waals surface area contributed by atoms with Crippen molar-refractivity contribution in [1.82, 2.24) is 5.32 Å². The van der Waals surface area contributed by atoms with E-state index in [1.165, 1.54) is 25.0 Å². The van der Waals surface area contributed by atoms with E-state index < -0.39 is 10.7 Å². The largest absolute Gasteiger partial charge is 0.317 e. The summed E-state index contributed by atoms with van der Waals surface area (Å²) < 4.78 is 13.4. The normalized spacial score (nSPS) is 23.3. The van der Waals surface area contributed by atoms with Crippen molar-refractivity contribution in [3.8, 4) is 0 Å². The zero-order chi connectivity index (χ0) is 13.8. The number of benzene rings is 1. The molecule has 2 unspecified atom stereocenters. The van der Waals surface area contributed by atoms with Crippen molar-refractivity contribution in [2.45, 2.75) is 38.1 Å². The number of nitrogens with zero attached hydrogens (tertiary/aromatic N) is 1. The number of non-ortho nitro benzene ring substituents is 1. The fraction of sp³-hybridized carbons (Fsp3) is 0.571. The molecule has 0 amide bonds. The van der Waals surface area contributed by atoms with Crippen LogP contribution in [0.2, 0.25) is 0 Å². The predicted octanol–water partition coefficient (Wildman–Crippen LogP) is 3.05. The summed E-state index contributed by atoms with van der Waals surface area (Å²) in [6, 6.07) is 4.30. The Labute approximate surface area is 112 Å². The Morgan fingerprint density at radius 3 is 2.79 bits per heavy atom. The highest BCUT2D eigenvalue weighted by atomic mass is 19.1. The summed E-state index contributed by atoms with van der Waals surface area (Å²) in [7, 11) is 1.94. The van der Waals surface area contributed by atoms with Crippen molar-refractivity contribution in [3.05, 3.63) is 39.7 Å². The van der Waals surface area contributed by atoms with E-state index >= 15 is 0 Å². The molecule has 1 aromatic carbocycles. The van der Waals surface area contributed by atoms with Crippen LogP contribution in [-0.2, 0) is 6.42 Å². The van der Waals surface area contributed by atoms with Crippen LogP contribution < -0.4 is 5.32 Å². The number of rotatable bonds is 4. The van der Waals surface area contributed by atoms with Gasteiger partial charge in [0.1, 0.15) is 5.82 Å². The minimum absolute atomic E-state index is 0.160. The fourth-order valence-electron chi connectivity index (χ4n) is 2.99. The van der Waals surface area contributed by atoms with Gasteiger partial charge in [0.25, 0.3) is 5.69 Å². The van der Waals surface area contributed by atoms with Gasteiger partial charge in [-0.2, -0.15) is 0 Å². The summed E-state index contributed by atoms with van der Waals surface area (Å²) in [5.74, 6) is -0.0961. The highest BCUT2D eigenvalue weighted by Gasteiger charge is 2.24. The van der Waals surface area contributed by atoms with Crippen LogP contribution in [0.15, 0.2) is 18.2 Å². The van der Waals surface area contributed by atoms with Gasteiger partial charge < -0.3 is 5.32 Å². The Balaban J connectivity index is 2.15. The van der Waals surface area contributed by atoms with Crippen LogP contribution in [0.3, 0.4) is 0 Å². The van der Waals surface area contributed by atoms with Gasteiger partial charge >= 0.3 is 0 Å². The van der Waals surface area contributed by atoms with Gasteiger partial charge in [0, 0.05) is 12.1 Å². The third-order valence-electron chi connectivity index (χ3n) is 3.93. The molecule has 0 aliphatic heterocycles. The van der Waals surface area contributed by atoms with E-state index in [1.807, 2.05) is 7.05 Å². The Kier molecular flexibility index (Phi) is 4.47. The quantitative estimate of drug-likeness (QED) is 0.673. The second-order valence-corrected chi connectivity index (χ2v) is 5.22. The van der Waals surface area contributed by atoms with Crippen molar-refractivity contribution in [2.24, 2.45) is 5.92 Å². The number of hydrogen-bond acceptors (Lipinski definition) is 3. The third-order valence-corrected chi connectivity index (χ3v) is 3.93. The highest BCUT2D eigenvalue weighted by Crippen LogP contribution is 2.28. The van der Waals surface area contributed by atoms with E-state index in [0.29, 0.717) is 18.4 Å². The summed E-state index contributed by atoms with van der Waals surface area (Å²) in [5, 5.41) is 14.0. The Bertz CT molecular complexity index is 465. The molecule has 0 spiro atoms. The van der Waals surface area contributed by atoms with E-state index in [0.717, 1.165) is 24.5 Å². The van der Waals surface area contributed by atoms with Gasteiger partial charge in [-0.3, -0.25) is 10.1 Å². The van der Waals surface area contributed by atoms with Gasteiger partial charge in [-0.05, 0) is 43.9 Å². The molecule has 2 rings (SSSR count). The maximum absolute atomic E-state index is 13.4. The smallest absolute Gasteiger partial charge is 0.272 e. The average Bonchev–Trinajstić information content (AvgIpc) is 2.38. The van der Waals surface area contributed by atoms with Crippen molar-refractivity contribution in [2.75, 3.05) is 7.05 Å². The molecule has 19 heavy (non-hydrogen) atoms. The molecule has 104 valence electrons. The van der Waals surface area contributed by atoms with Crippen LogP contribution in [0.25, 0.3) is 0 Å². The first-order valence-electron chi connectivity index (χ1n) is 6.71. The zero-order valence-corrected chi connectivity index (χ0v) is 11.1.